The van der Waals surface area contributed by atoms with E-state index in [1.54, 1.807) is 0 Å². The Bertz CT molecular complexity index is 328. The highest BCUT2D eigenvalue weighted by Gasteiger charge is 2.33. The van der Waals surface area contributed by atoms with Crippen LogP contribution in [0.25, 0.3) is 0 Å². The van der Waals surface area contributed by atoms with Gasteiger partial charge in [0, 0.05) is 13.1 Å². The Morgan fingerprint density at radius 2 is 2.06 bits per heavy atom. The summed E-state index contributed by atoms with van der Waals surface area (Å²) >= 11 is 0. The summed E-state index contributed by atoms with van der Waals surface area (Å²) in [5.74, 6) is 0.365. The molecule has 0 aromatic rings. The molecule has 5 heteroatoms. The highest BCUT2D eigenvalue weighted by molar-refractivity contribution is 5.82. The lowest BCUT2D eigenvalue weighted by atomic mass is 10.0. The van der Waals surface area contributed by atoms with Crippen LogP contribution in [0.1, 0.15) is 39.0 Å². The first kappa shape index (κ1) is 13.2. The lowest BCUT2D eigenvalue weighted by Gasteiger charge is -2.33. The first-order valence-electron chi connectivity index (χ1n) is 6.87. The third-order valence-electron chi connectivity index (χ3n) is 4.05. The van der Waals surface area contributed by atoms with Crippen molar-refractivity contribution in [3.05, 3.63) is 0 Å². The van der Waals surface area contributed by atoms with Crippen molar-refractivity contribution in [3.63, 3.8) is 0 Å². The SMILES string of the molecule is CC(CNC(=O)N1CCCCC1C(=O)O)C1CC1. The lowest BCUT2D eigenvalue weighted by Crippen LogP contribution is -2.52. The van der Waals surface area contributed by atoms with E-state index in [2.05, 4.69) is 12.2 Å². The van der Waals surface area contributed by atoms with Gasteiger partial charge in [0.1, 0.15) is 6.04 Å². The summed E-state index contributed by atoms with van der Waals surface area (Å²) in [6, 6.07) is -0.857. The van der Waals surface area contributed by atoms with E-state index in [4.69, 9.17) is 5.11 Å². The monoisotopic (exact) mass is 254 g/mol. The molecular formula is C13H22N2O3. The fourth-order valence-electron chi connectivity index (χ4n) is 2.61. The number of likely N-dealkylation sites (tertiary alicyclic amines) is 1. The molecule has 0 bridgehead atoms. The fourth-order valence-corrected chi connectivity index (χ4v) is 2.61. The van der Waals surface area contributed by atoms with Gasteiger partial charge in [-0.3, -0.25) is 0 Å². The van der Waals surface area contributed by atoms with Crippen molar-refractivity contribution in [1.29, 1.82) is 0 Å². The van der Waals surface area contributed by atoms with Crippen LogP contribution in [0, 0.1) is 11.8 Å². The number of hydrogen-bond donors (Lipinski definition) is 2. The summed E-state index contributed by atoms with van der Waals surface area (Å²) in [6.45, 7) is 3.36. The molecular weight excluding hydrogens is 232 g/mol. The Balaban J connectivity index is 1.83. The number of aliphatic carboxylic acids is 1. The van der Waals surface area contributed by atoms with Gasteiger partial charge in [-0.1, -0.05) is 6.92 Å². The maximum atomic E-state index is 12.0. The van der Waals surface area contributed by atoms with E-state index in [-0.39, 0.29) is 6.03 Å². The quantitative estimate of drug-likeness (QED) is 0.802. The van der Waals surface area contributed by atoms with Crippen LogP contribution >= 0.6 is 0 Å². The van der Waals surface area contributed by atoms with Crippen LogP contribution in [0.15, 0.2) is 0 Å². The second-order valence-corrected chi connectivity index (χ2v) is 5.54. The molecule has 18 heavy (non-hydrogen) atoms. The van der Waals surface area contributed by atoms with Gasteiger partial charge in [-0.2, -0.15) is 0 Å². The van der Waals surface area contributed by atoms with Crippen molar-refractivity contribution in [1.82, 2.24) is 10.2 Å². The van der Waals surface area contributed by atoms with Gasteiger partial charge in [0.05, 0.1) is 0 Å². The van der Waals surface area contributed by atoms with Crippen molar-refractivity contribution < 1.29 is 14.7 Å². The van der Waals surface area contributed by atoms with E-state index < -0.39 is 12.0 Å². The van der Waals surface area contributed by atoms with Crippen molar-refractivity contribution in [2.45, 2.75) is 45.1 Å². The zero-order valence-corrected chi connectivity index (χ0v) is 10.9. The summed E-state index contributed by atoms with van der Waals surface area (Å²) < 4.78 is 0. The van der Waals surface area contributed by atoms with Gasteiger partial charge >= 0.3 is 12.0 Å². The molecule has 1 heterocycles. The molecule has 2 aliphatic rings. The minimum atomic E-state index is -0.889. The molecule has 2 rings (SSSR count). The van der Waals surface area contributed by atoms with Crippen LogP contribution in [0.5, 0.6) is 0 Å². The molecule has 1 saturated carbocycles. The van der Waals surface area contributed by atoms with E-state index in [0.717, 1.165) is 18.8 Å². The van der Waals surface area contributed by atoms with Crippen LogP contribution in [0.4, 0.5) is 4.79 Å². The van der Waals surface area contributed by atoms with Gasteiger partial charge in [0.2, 0.25) is 0 Å². The summed E-state index contributed by atoms with van der Waals surface area (Å²) in [4.78, 5) is 24.6. The zero-order chi connectivity index (χ0) is 13.1. The zero-order valence-electron chi connectivity index (χ0n) is 10.9. The molecule has 1 aliphatic heterocycles. The second-order valence-electron chi connectivity index (χ2n) is 5.54. The molecule has 2 unspecified atom stereocenters. The number of urea groups is 1. The first-order chi connectivity index (χ1) is 8.59. The smallest absolute Gasteiger partial charge is 0.326 e. The van der Waals surface area contributed by atoms with Crippen LogP contribution < -0.4 is 5.32 Å². The summed E-state index contributed by atoms with van der Waals surface area (Å²) in [7, 11) is 0. The maximum Gasteiger partial charge on any atom is 0.326 e. The molecule has 2 fully saturated rings. The van der Waals surface area contributed by atoms with Crippen molar-refractivity contribution >= 4 is 12.0 Å². The molecule has 102 valence electrons. The highest BCUT2D eigenvalue weighted by atomic mass is 16.4. The number of carbonyl (C=O) groups excluding carboxylic acids is 1. The molecule has 2 N–H and O–H groups in total. The number of rotatable bonds is 4. The predicted molar refractivity (Wildman–Crippen MR) is 67.3 cm³/mol. The van der Waals surface area contributed by atoms with Crippen molar-refractivity contribution in [3.8, 4) is 0 Å². The molecule has 2 atom stereocenters. The third-order valence-corrected chi connectivity index (χ3v) is 4.05. The molecule has 1 saturated heterocycles. The number of nitrogens with one attached hydrogen (secondary N) is 1. The molecule has 0 spiro atoms. The van der Waals surface area contributed by atoms with Crippen molar-refractivity contribution in [2.24, 2.45) is 11.8 Å². The Hall–Kier alpha value is -1.26. The van der Waals surface area contributed by atoms with E-state index in [1.165, 1.54) is 17.7 Å². The standard InChI is InChI=1S/C13H22N2O3/c1-9(10-5-6-10)8-14-13(18)15-7-3-2-4-11(15)12(16)17/h9-11H,2-8H2,1H3,(H,14,18)(H,16,17). The Morgan fingerprint density at radius 1 is 1.33 bits per heavy atom. The minimum Gasteiger partial charge on any atom is -0.480 e. The number of nitrogens with zero attached hydrogens (tertiary/aromatic N) is 1. The molecule has 0 radical (unpaired) electrons. The highest BCUT2D eigenvalue weighted by Crippen LogP contribution is 2.36. The molecule has 1 aliphatic carbocycles. The summed E-state index contributed by atoms with van der Waals surface area (Å²) in [5, 5.41) is 12.0. The van der Waals surface area contributed by atoms with Gasteiger partial charge in [-0.05, 0) is 43.9 Å². The van der Waals surface area contributed by atoms with Crippen molar-refractivity contribution in [2.75, 3.05) is 13.1 Å². The number of carboxylic acids is 1. The summed E-state index contributed by atoms with van der Waals surface area (Å²) in [6.07, 6.45) is 4.88. The lowest BCUT2D eigenvalue weighted by molar-refractivity contribution is -0.143. The molecule has 2 amide bonds. The summed E-state index contributed by atoms with van der Waals surface area (Å²) in [5.41, 5.74) is 0. The van der Waals surface area contributed by atoms with E-state index in [1.807, 2.05) is 0 Å². The third kappa shape index (κ3) is 3.15. The fraction of sp³-hybridized carbons (Fsp3) is 0.846. The Kier molecular flexibility index (Phi) is 4.09. The van der Waals surface area contributed by atoms with Crippen LogP contribution in [0.2, 0.25) is 0 Å². The Labute approximate surface area is 108 Å². The Morgan fingerprint density at radius 3 is 2.67 bits per heavy atom. The van der Waals surface area contributed by atoms with Gasteiger partial charge in [-0.15, -0.1) is 0 Å². The average Bonchev–Trinajstić information content (AvgIpc) is 3.19. The molecule has 0 aromatic heterocycles. The maximum absolute atomic E-state index is 12.0. The largest absolute Gasteiger partial charge is 0.480 e. The minimum absolute atomic E-state index is 0.213. The van der Waals surface area contributed by atoms with Gasteiger partial charge in [-0.25, -0.2) is 9.59 Å². The predicted octanol–water partition coefficient (Wildman–Crippen LogP) is 1.68. The van der Waals surface area contributed by atoms with Crippen LogP contribution in [0.3, 0.4) is 0 Å². The average molecular weight is 254 g/mol. The topological polar surface area (TPSA) is 69.6 Å². The van der Waals surface area contributed by atoms with E-state index in [0.29, 0.717) is 25.4 Å². The van der Waals surface area contributed by atoms with E-state index >= 15 is 0 Å². The number of piperidine rings is 1. The molecule has 5 nitrogen and oxygen atoms in total. The number of carboxylic acid groups (broad SMARTS) is 1. The number of hydrogen-bond acceptors (Lipinski definition) is 2. The second kappa shape index (κ2) is 5.59. The van der Waals surface area contributed by atoms with Crippen LogP contribution in [-0.4, -0.2) is 41.1 Å². The van der Waals surface area contributed by atoms with Crippen LogP contribution in [-0.2, 0) is 4.79 Å². The van der Waals surface area contributed by atoms with Gasteiger partial charge in [0.25, 0.3) is 0 Å². The van der Waals surface area contributed by atoms with E-state index in [9.17, 15) is 9.59 Å². The van der Waals surface area contributed by atoms with Gasteiger partial charge in [0.15, 0.2) is 0 Å². The first-order valence-corrected chi connectivity index (χ1v) is 6.87. The number of carbonyl (C=O) groups is 2. The van der Waals surface area contributed by atoms with Gasteiger partial charge < -0.3 is 15.3 Å². The number of amides is 2. The molecule has 0 aromatic carbocycles. The normalized spacial score (nSPS) is 25.6.